The van der Waals surface area contributed by atoms with Gasteiger partial charge in [0.1, 0.15) is 16.8 Å². The molecule has 1 heterocycles. The van der Waals surface area contributed by atoms with Crippen molar-refractivity contribution in [2.75, 3.05) is 5.32 Å². The first-order valence-electron chi connectivity index (χ1n) is 7.48. The predicted molar refractivity (Wildman–Crippen MR) is 94.2 cm³/mol. The molecular formula is C19H16FNO2S. The Kier molecular flexibility index (Phi) is 5.33. The third kappa shape index (κ3) is 4.26. The summed E-state index contributed by atoms with van der Waals surface area (Å²) in [5.41, 5.74) is 1.48. The Hall–Kier alpha value is -2.53. The highest BCUT2D eigenvalue weighted by Gasteiger charge is 2.21. The summed E-state index contributed by atoms with van der Waals surface area (Å²) in [4.78, 5) is 12.7. The van der Waals surface area contributed by atoms with Gasteiger partial charge in [0.15, 0.2) is 0 Å². The number of anilines is 1. The molecule has 1 aromatic heterocycles. The number of hydrogen-bond acceptors (Lipinski definition) is 3. The van der Waals surface area contributed by atoms with Crippen LogP contribution in [0, 0.1) is 5.82 Å². The van der Waals surface area contributed by atoms with Crippen LogP contribution in [0.15, 0.2) is 77.4 Å². The van der Waals surface area contributed by atoms with Crippen LogP contribution in [0.1, 0.15) is 16.6 Å². The van der Waals surface area contributed by atoms with Crippen molar-refractivity contribution >= 4 is 23.4 Å². The Bertz CT molecular complexity index is 773. The van der Waals surface area contributed by atoms with Gasteiger partial charge >= 0.3 is 0 Å². The Morgan fingerprint density at radius 1 is 1.04 bits per heavy atom. The van der Waals surface area contributed by atoms with E-state index in [0.29, 0.717) is 11.4 Å². The van der Waals surface area contributed by atoms with Crippen LogP contribution in [0.5, 0.6) is 0 Å². The summed E-state index contributed by atoms with van der Waals surface area (Å²) in [6, 6.07) is 19.0. The van der Waals surface area contributed by atoms with Crippen LogP contribution >= 0.6 is 11.8 Å². The number of hydrogen-bond donors (Lipinski definition) is 1. The molecule has 2 aromatic carbocycles. The number of nitrogens with one attached hydrogen (secondary N) is 1. The molecule has 1 amide bonds. The molecular weight excluding hydrogens is 325 g/mol. The van der Waals surface area contributed by atoms with Gasteiger partial charge in [-0.05, 0) is 42.0 Å². The van der Waals surface area contributed by atoms with Crippen molar-refractivity contribution in [1.82, 2.24) is 0 Å². The zero-order valence-electron chi connectivity index (χ0n) is 12.8. The fourth-order valence-corrected chi connectivity index (χ4v) is 3.31. The van der Waals surface area contributed by atoms with E-state index >= 15 is 0 Å². The summed E-state index contributed by atoms with van der Waals surface area (Å²) < 4.78 is 18.3. The number of amides is 1. The summed E-state index contributed by atoms with van der Waals surface area (Å²) in [6.45, 7) is 0. The molecule has 0 unspecified atom stereocenters. The molecule has 1 atom stereocenters. The molecule has 5 heteroatoms. The third-order valence-corrected chi connectivity index (χ3v) is 4.70. The van der Waals surface area contributed by atoms with E-state index in [1.165, 1.54) is 23.9 Å². The summed E-state index contributed by atoms with van der Waals surface area (Å²) in [7, 11) is 0. The molecule has 0 fully saturated rings. The van der Waals surface area contributed by atoms with Crippen LogP contribution in [0.25, 0.3) is 0 Å². The minimum absolute atomic E-state index is 0.149. The van der Waals surface area contributed by atoms with Crippen LogP contribution in [0.2, 0.25) is 0 Å². The first-order chi connectivity index (χ1) is 11.7. The Balaban J connectivity index is 1.75. The number of thioether (sulfide) groups is 1. The molecule has 0 saturated carbocycles. The monoisotopic (exact) mass is 341 g/mol. The van der Waals surface area contributed by atoms with E-state index in [1.54, 1.807) is 18.4 Å². The van der Waals surface area contributed by atoms with E-state index in [4.69, 9.17) is 4.42 Å². The maximum Gasteiger partial charge on any atom is 0.242 e. The number of halogens is 1. The Morgan fingerprint density at radius 2 is 1.79 bits per heavy atom. The second-order valence-corrected chi connectivity index (χ2v) is 6.27. The summed E-state index contributed by atoms with van der Waals surface area (Å²) >= 11 is 1.48. The van der Waals surface area contributed by atoms with Gasteiger partial charge in [0, 0.05) is 5.69 Å². The van der Waals surface area contributed by atoms with Crippen LogP contribution in [-0.2, 0) is 10.5 Å². The molecule has 24 heavy (non-hydrogen) atoms. The van der Waals surface area contributed by atoms with Gasteiger partial charge in [-0.15, -0.1) is 11.8 Å². The van der Waals surface area contributed by atoms with E-state index in [9.17, 15) is 9.18 Å². The first-order valence-corrected chi connectivity index (χ1v) is 8.52. The zero-order valence-corrected chi connectivity index (χ0v) is 13.6. The van der Waals surface area contributed by atoms with E-state index in [0.717, 1.165) is 11.3 Å². The number of carbonyl (C=O) groups is 1. The van der Waals surface area contributed by atoms with Gasteiger partial charge in [-0.25, -0.2) is 4.39 Å². The lowest BCUT2D eigenvalue weighted by Gasteiger charge is -2.16. The molecule has 3 aromatic rings. The molecule has 3 nitrogen and oxygen atoms in total. The number of carbonyl (C=O) groups excluding carboxylic acids is 1. The molecule has 1 N–H and O–H groups in total. The van der Waals surface area contributed by atoms with Gasteiger partial charge in [0.05, 0.1) is 12.0 Å². The first kappa shape index (κ1) is 16.3. The Labute approximate surface area is 143 Å². The minimum atomic E-state index is -0.388. The van der Waals surface area contributed by atoms with Crippen molar-refractivity contribution in [3.8, 4) is 0 Å². The van der Waals surface area contributed by atoms with Crippen LogP contribution in [0.3, 0.4) is 0 Å². The van der Waals surface area contributed by atoms with Crippen molar-refractivity contribution < 1.29 is 13.6 Å². The average molecular weight is 341 g/mol. The standard InChI is InChI=1S/C19H16FNO2S/c20-15-8-10-16(11-9-15)21-19(22)18(14-5-2-1-3-6-14)24-13-17-7-4-12-23-17/h1-12,18H,13H2,(H,21,22)/t18-/m0/s1. The molecule has 0 aliphatic heterocycles. The molecule has 0 aliphatic rings. The molecule has 0 radical (unpaired) electrons. The molecule has 0 saturated heterocycles. The molecule has 0 spiro atoms. The van der Waals surface area contributed by atoms with E-state index in [1.807, 2.05) is 42.5 Å². The van der Waals surface area contributed by atoms with Crippen molar-refractivity contribution in [2.45, 2.75) is 11.0 Å². The lowest BCUT2D eigenvalue weighted by molar-refractivity contribution is -0.115. The van der Waals surface area contributed by atoms with Gasteiger partial charge in [0.2, 0.25) is 5.91 Å². The van der Waals surface area contributed by atoms with Gasteiger partial charge in [0.25, 0.3) is 0 Å². The van der Waals surface area contributed by atoms with Crippen LogP contribution in [0.4, 0.5) is 10.1 Å². The largest absolute Gasteiger partial charge is 0.468 e. The summed E-state index contributed by atoms with van der Waals surface area (Å²) in [6.07, 6.45) is 1.62. The van der Waals surface area contributed by atoms with Gasteiger partial charge in [-0.3, -0.25) is 4.79 Å². The smallest absolute Gasteiger partial charge is 0.242 e. The van der Waals surface area contributed by atoms with E-state index < -0.39 is 0 Å². The third-order valence-electron chi connectivity index (χ3n) is 3.42. The normalized spacial score (nSPS) is 11.9. The van der Waals surface area contributed by atoms with E-state index in [2.05, 4.69) is 5.32 Å². The highest BCUT2D eigenvalue weighted by molar-refractivity contribution is 7.99. The Morgan fingerprint density at radius 3 is 2.46 bits per heavy atom. The van der Waals surface area contributed by atoms with Crippen LogP contribution in [-0.4, -0.2) is 5.91 Å². The summed E-state index contributed by atoms with van der Waals surface area (Å²) in [5.74, 6) is 0.920. The average Bonchev–Trinajstić information content (AvgIpc) is 3.12. The van der Waals surface area contributed by atoms with E-state index in [-0.39, 0.29) is 17.0 Å². The van der Waals surface area contributed by atoms with Gasteiger partial charge in [-0.2, -0.15) is 0 Å². The fraction of sp³-hybridized carbons (Fsp3) is 0.105. The fourth-order valence-electron chi connectivity index (χ4n) is 2.25. The number of furan rings is 1. The van der Waals surface area contributed by atoms with Crippen molar-refractivity contribution in [3.63, 3.8) is 0 Å². The van der Waals surface area contributed by atoms with Crippen molar-refractivity contribution in [1.29, 1.82) is 0 Å². The molecule has 122 valence electrons. The highest BCUT2D eigenvalue weighted by atomic mass is 32.2. The van der Waals surface area contributed by atoms with Crippen molar-refractivity contribution in [3.05, 3.63) is 90.1 Å². The SMILES string of the molecule is O=C(Nc1ccc(F)cc1)[C@@H](SCc1ccco1)c1ccccc1. The minimum Gasteiger partial charge on any atom is -0.468 e. The lowest BCUT2D eigenvalue weighted by atomic mass is 10.1. The second-order valence-electron chi connectivity index (χ2n) is 5.18. The van der Waals surface area contributed by atoms with Crippen molar-refractivity contribution in [2.24, 2.45) is 0 Å². The zero-order chi connectivity index (χ0) is 16.8. The topological polar surface area (TPSA) is 42.2 Å². The predicted octanol–water partition coefficient (Wildman–Crippen LogP) is 5.03. The van der Waals surface area contributed by atoms with Gasteiger partial charge < -0.3 is 9.73 Å². The second kappa shape index (κ2) is 7.84. The maximum atomic E-state index is 13.0. The quantitative estimate of drug-likeness (QED) is 0.683. The molecule has 0 aliphatic carbocycles. The van der Waals surface area contributed by atoms with Gasteiger partial charge in [-0.1, -0.05) is 30.3 Å². The highest BCUT2D eigenvalue weighted by Crippen LogP contribution is 2.33. The van der Waals surface area contributed by atoms with Crippen LogP contribution < -0.4 is 5.32 Å². The summed E-state index contributed by atoms with van der Waals surface area (Å²) in [5, 5.41) is 2.45. The molecule has 0 bridgehead atoms. The maximum absolute atomic E-state index is 13.0. The molecule has 3 rings (SSSR count). The number of benzene rings is 2. The number of rotatable bonds is 6. The lowest BCUT2D eigenvalue weighted by Crippen LogP contribution is -2.19.